The molecule has 1 atom stereocenters. The zero-order chi connectivity index (χ0) is 17.5. The first-order valence-electron chi connectivity index (χ1n) is 8.54. The van der Waals surface area contributed by atoms with E-state index < -0.39 is 0 Å². The van der Waals surface area contributed by atoms with Gasteiger partial charge in [-0.2, -0.15) is 0 Å². The number of benzene rings is 1. The van der Waals surface area contributed by atoms with Crippen molar-refractivity contribution in [2.24, 2.45) is 0 Å². The van der Waals surface area contributed by atoms with Gasteiger partial charge < -0.3 is 20.7 Å². The molecular weight excluding hydrogens is 306 g/mol. The molecule has 3 amide bonds. The summed E-state index contributed by atoms with van der Waals surface area (Å²) in [4.78, 5) is 23.3. The molecule has 6 nitrogen and oxygen atoms in total. The molecule has 0 unspecified atom stereocenters. The maximum Gasteiger partial charge on any atom is 0.315 e. The summed E-state index contributed by atoms with van der Waals surface area (Å²) < 4.78 is 5.43. The second-order valence-electron chi connectivity index (χ2n) is 6.36. The van der Waals surface area contributed by atoms with Crippen LogP contribution >= 0.6 is 0 Å². The van der Waals surface area contributed by atoms with Crippen LogP contribution in [-0.2, 0) is 16.0 Å². The van der Waals surface area contributed by atoms with Gasteiger partial charge in [0.15, 0.2) is 0 Å². The van der Waals surface area contributed by atoms with E-state index >= 15 is 0 Å². The van der Waals surface area contributed by atoms with Crippen LogP contribution in [0.15, 0.2) is 18.2 Å². The van der Waals surface area contributed by atoms with Gasteiger partial charge >= 0.3 is 6.03 Å². The summed E-state index contributed by atoms with van der Waals surface area (Å²) >= 11 is 0. The average Bonchev–Trinajstić information content (AvgIpc) is 2.53. The Morgan fingerprint density at radius 3 is 2.83 bits per heavy atom. The van der Waals surface area contributed by atoms with Crippen LogP contribution in [0.3, 0.4) is 0 Å². The minimum absolute atomic E-state index is 0.0576. The average molecular weight is 333 g/mol. The number of carbonyl (C=O) groups excluding carboxylic acids is 2. The smallest absolute Gasteiger partial charge is 0.315 e. The molecule has 132 valence electrons. The Morgan fingerprint density at radius 1 is 1.29 bits per heavy atom. The normalized spacial score (nSPS) is 14.8. The summed E-state index contributed by atoms with van der Waals surface area (Å²) in [5, 5.41) is 8.64. The molecule has 0 saturated heterocycles. The molecule has 0 radical (unpaired) electrons. The van der Waals surface area contributed by atoms with Gasteiger partial charge in [0, 0.05) is 25.3 Å². The summed E-state index contributed by atoms with van der Waals surface area (Å²) in [5.74, 6) is 0.0576. The number of ether oxygens (including phenoxy) is 1. The molecule has 3 N–H and O–H groups in total. The van der Waals surface area contributed by atoms with E-state index in [1.54, 1.807) is 0 Å². The number of rotatable bonds is 7. The van der Waals surface area contributed by atoms with Gasteiger partial charge in [-0.3, -0.25) is 4.79 Å². The van der Waals surface area contributed by atoms with Gasteiger partial charge in [0.1, 0.15) is 0 Å². The summed E-state index contributed by atoms with van der Waals surface area (Å²) in [5.41, 5.74) is 3.02. The molecule has 1 aliphatic rings. The minimum atomic E-state index is -0.182. The van der Waals surface area contributed by atoms with Crippen molar-refractivity contribution in [2.75, 3.05) is 18.5 Å². The number of urea groups is 1. The van der Waals surface area contributed by atoms with E-state index in [0.29, 0.717) is 19.6 Å². The predicted octanol–water partition coefficient (Wildman–Crippen LogP) is 2.75. The molecule has 0 aromatic heterocycles. The number of aryl methyl sites for hydroxylation is 1. The van der Waals surface area contributed by atoms with Gasteiger partial charge in [-0.25, -0.2) is 4.79 Å². The van der Waals surface area contributed by atoms with Crippen LogP contribution in [0.5, 0.6) is 0 Å². The first-order valence-corrected chi connectivity index (χ1v) is 8.54. The highest BCUT2D eigenvalue weighted by Crippen LogP contribution is 2.26. The molecule has 1 heterocycles. The third-order valence-electron chi connectivity index (χ3n) is 3.93. The predicted molar refractivity (Wildman–Crippen MR) is 94.0 cm³/mol. The standard InChI is InChI=1S/C18H27N3O3/c1-12(2)24-10-4-9-19-18(23)20-13(3)14-5-7-16-15(11-14)6-8-17(22)21-16/h5,7,11-13H,4,6,8-10H2,1-3H3,(H,21,22)(H2,19,20,23)/t13-/m0/s1. The summed E-state index contributed by atoms with van der Waals surface area (Å²) in [6, 6.07) is 5.61. The highest BCUT2D eigenvalue weighted by Gasteiger charge is 2.17. The maximum atomic E-state index is 11.9. The van der Waals surface area contributed by atoms with Crippen molar-refractivity contribution in [3.05, 3.63) is 29.3 Å². The molecule has 0 fully saturated rings. The Kier molecular flexibility index (Phi) is 6.61. The zero-order valence-corrected chi connectivity index (χ0v) is 14.6. The van der Waals surface area contributed by atoms with Crippen molar-refractivity contribution in [1.29, 1.82) is 0 Å². The fourth-order valence-corrected chi connectivity index (χ4v) is 2.60. The molecule has 1 aliphatic heterocycles. The Hall–Kier alpha value is -2.08. The number of hydrogen-bond donors (Lipinski definition) is 3. The first-order chi connectivity index (χ1) is 11.5. The fourth-order valence-electron chi connectivity index (χ4n) is 2.60. The Bertz CT molecular complexity index is 587. The van der Waals surface area contributed by atoms with E-state index in [-0.39, 0.29) is 24.1 Å². The molecular formula is C18H27N3O3. The second kappa shape index (κ2) is 8.68. The number of fused-ring (bicyclic) bond motifs is 1. The van der Waals surface area contributed by atoms with E-state index in [9.17, 15) is 9.59 Å². The number of anilines is 1. The van der Waals surface area contributed by atoms with Crippen molar-refractivity contribution in [3.63, 3.8) is 0 Å². The number of carbonyl (C=O) groups is 2. The fraction of sp³-hybridized carbons (Fsp3) is 0.556. The number of hydrogen-bond acceptors (Lipinski definition) is 3. The van der Waals surface area contributed by atoms with Crippen molar-refractivity contribution >= 4 is 17.6 Å². The summed E-state index contributed by atoms with van der Waals surface area (Å²) in [7, 11) is 0. The van der Waals surface area contributed by atoms with Crippen molar-refractivity contribution in [1.82, 2.24) is 10.6 Å². The van der Waals surface area contributed by atoms with E-state index in [1.807, 2.05) is 32.9 Å². The summed E-state index contributed by atoms with van der Waals surface area (Å²) in [6.45, 7) is 7.16. The topological polar surface area (TPSA) is 79.5 Å². The van der Waals surface area contributed by atoms with Crippen LogP contribution in [0.25, 0.3) is 0 Å². The van der Waals surface area contributed by atoms with Crippen molar-refractivity contribution in [2.45, 2.75) is 52.2 Å². The van der Waals surface area contributed by atoms with Crippen LogP contribution < -0.4 is 16.0 Å². The van der Waals surface area contributed by atoms with E-state index in [1.165, 1.54) is 0 Å². The van der Waals surface area contributed by atoms with E-state index in [4.69, 9.17) is 4.74 Å². The molecule has 1 aromatic carbocycles. The third-order valence-corrected chi connectivity index (χ3v) is 3.93. The molecule has 6 heteroatoms. The number of amides is 3. The quantitative estimate of drug-likeness (QED) is 0.671. The second-order valence-corrected chi connectivity index (χ2v) is 6.36. The van der Waals surface area contributed by atoms with Gasteiger partial charge in [-0.15, -0.1) is 0 Å². The molecule has 0 saturated carbocycles. The van der Waals surface area contributed by atoms with E-state index in [2.05, 4.69) is 22.0 Å². The highest BCUT2D eigenvalue weighted by molar-refractivity contribution is 5.93. The van der Waals surface area contributed by atoms with Gasteiger partial charge in [-0.1, -0.05) is 12.1 Å². The molecule has 0 spiro atoms. The lowest BCUT2D eigenvalue weighted by Crippen LogP contribution is -2.37. The lowest BCUT2D eigenvalue weighted by atomic mass is 9.98. The van der Waals surface area contributed by atoms with Crippen LogP contribution in [0.4, 0.5) is 10.5 Å². The minimum Gasteiger partial charge on any atom is -0.379 e. The number of nitrogens with one attached hydrogen (secondary N) is 3. The lowest BCUT2D eigenvalue weighted by Gasteiger charge is -2.20. The van der Waals surface area contributed by atoms with Crippen molar-refractivity contribution in [3.8, 4) is 0 Å². The van der Waals surface area contributed by atoms with E-state index in [0.717, 1.165) is 29.7 Å². The van der Waals surface area contributed by atoms with Crippen molar-refractivity contribution < 1.29 is 14.3 Å². The third kappa shape index (κ3) is 5.53. The lowest BCUT2D eigenvalue weighted by molar-refractivity contribution is -0.116. The molecule has 24 heavy (non-hydrogen) atoms. The Balaban J connectivity index is 1.78. The Morgan fingerprint density at radius 2 is 2.08 bits per heavy atom. The molecule has 2 rings (SSSR count). The molecule has 0 bridgehead atoms. The first kappa shape index (κ1) is 18.3. The Labute approximate surface area is 143 Å². The van der Waals surface area contributed by atoms with Crippen LogP contribution in [0.1, 0.15) is 50.8 Å². The maximum absolute atomic E-state index is 11.9. The largest absolute Gasteiger partial charge is 0.379 e. The van der Waals surface area contributed by atoms with Gasteiger partial charge in [-0.05, 0) is 50.8 Å². The summed E-state index contributed by atoms with van der Waals surface area (Å²) in [6.07, 6.45) is 2.26. The van der Waals surface area contributed by atoms with Gasteiger partial charge in [0.2, 0.25) is 5.91 Å². The SMILES string of the molecule is CC(C)OCCCNC(=O)N[C@@H](C)c1ccc2c(c1)CCC(=O)N2. The highest BCUT2D eigenvalue weighted by atomic mass is 16.5. The monoisotopic (exact) mass is 333 g/mol. The van der Waals surface area contributed by atoms with Crippen LogP contribution in [0.2, 0.25) is 0 Å². The van der Waals surface area contributed by atoms with Gasteiger partial charge in [0.25, 0.3) is 0 Å². The van der Waals surface area contributed by atoms with Gasteiger partial charge in [0.05, 0.1) is 12.1 Å². The molecule has 1 aromatic rings. The van der Waals surface area contributed by atoms with Crippen LogP contribution in [0, 0.1) is 0 Å². The van der Waals surface area contributed by atoms with Crippen LogP contribution in [-0.4, -0.2) is 31.2 Å². The molecule has 0 aliphatic carbocycles. The zero-order valence-electron chi connectivity index (χ0n) is 14.6.